The molecule has 0 aliphatic carbocycles. The lowest BCUT2D eigenvalue weighted by atomic mass is 10.1. The fraction of sp³-hybridized carbons (Fsp3) is 0.227. The van der Waals surface area contributed by atoms with Crippen LogP contribution in [-0.2, 0) is 11.3 Å². The molecule has 0 fully saturated rings. The summed E-state index contributed by atoms with van der Waals surface area (Å²) in [6.45, 7) is 1.09. The van der Waals surface area contributed by atoms with Crippen molar-refractivity contribution >= 4 is 29.3 Å². The van der Waals surface area contributed by atoms with Crippen molar-refractivity contribution in [3.05, 3.63) is 71.4 Å². The molecule has 0 spiro atoms. The molecule has 0 saturated carbocycles. The van der Waals surface area contributed by atoms with Crippen molar-refractivity contribution in [3.8, 4) is 17.3 Å². The van der Waals surface area contributed by atoms with Gasteiger partial charge in [0.2, 0.25) is 5.91 Å². The zero-order valence-corrected chi connectivity index (χ0v) is 17.7. The van der Waals surface area contributed by atoms with Gasteiger partial charge in [0.15, 0.2) is 5.16 Å². The van der Waals surface area contributed by atoms with Gasteiger partial charge in [0.1, 0.15) is 0 Å². The minimum atomic E-state index is -0.0208. The van der Waals surface area contributed by atoms with Gasteiger partial charge in [0, 0.05) is 18.6 Å². The second kappa shape index (κ2) is 10.1. The predicted octanol–water partition coefficient (Wildman–Crippen LogP) is 4.72. The molecule has 0 bridgehead atoms. The largest absolute Gasteiger partial charge is 0.344 e. The van der Waals surface area contributed by atoms with Gasteiger partial charge in [-0.25, -0.2) is 4.98 Å². The van der Waals surface area contributed by atoms with Gasteiger partial charge in [-0.05, 0) is 23.3 Å². The first-order chi connectivity index (χ1) is 14.1. The fourth-order valence-electron chi connectivity index (χ4n) is 2.82. The number of imidazole rings is 1. The van der Waals surface area contributed by atoms with Crippen LogP contribution in [0.3, 0.4) is 0 Å². The third-order valence-electron chi connectivity index (χ3n) is 4.45. The number of nitriles is 1. The Morgan fingerprint density at radius 3 is 2.62 bits per heavy atom. The lowest BCUT2D eigenvalue weighted by Crippen LogP contribution is -2.29. The molecule has 0 saturated heterocycles. The molecular weight excluding hydrogens is 404 g/mol. The maximum absolute atomic E-state index is 12.4. The predicted molar refractivity (Wildman–Crippen MR) is 117 cm³/mol. The van der Waals surface area contributed by atoms with Gasteiger partial charge in [-0.2, -0.15) is 5.26 Å². The number of nitrogens with zero attached hydrogens (tertiary/aromatic N) is 4. The van der Waals surface area contributed by atoms with Gasteiger partial charge < -0.3 is 9.47 Å². The number of carbonyl (C=O) groups is 1. The Morgan fingerprint density at radius 1 is 1.21 bits per heavy atom. The highest BCUT2D eigenvalue weighted by Crippen LogP contribution is 2.28. The van der Waals surface area contributed by atoms with Gasteiger partial charge in [-0.15, -0.1) is 0 Å². The molecule has 0 aliphatic rings. The number of halogens is 1. The molecule has 29 heavy (non-hydrogen) atoms. The van der Waals surface area contributed by atoms with Crippen LogP contribution in [-0.4, -0.2) is 39.7 Å². The summed E-state index contributed by atoms with van der Waals surface area (Å²) < 4.78 is 2.12. The van der Waals surface area contributed by atoms with E-state index in [1.165, 1.54) is 11.8 Å². The van der Waals surface area contributed by atoms with E-state index in [0.717, 1.165) is 22.0 Å². The summed E-state index contributed by atoms with van der Waals surface area (Å²) in [6.07, 6.45) is 2.16. The first-order valence-corrected chi connectivity index (χ1v) is 10.5. The molecule has 7 heteroatoms. The molecule has 0 aliphatic heterocycles. The molecule has 0 radical (unpaired) electrons. The van der Waals surface area contributed by atoms with E-state index in [-0.39, 0.29) is 11.7 Å². The molecule has 1 heterocycles. The molecule has 3 aromatic rings. The first-order valence-electron chi connectivity index (χ1n) is 9.17. The number of rotatable bonds is 8. The molecular formula is C22H21ClN4OS. The lowest BCUT2D eigenvalue weighted by Gasteiger charge is -2.16. The van der Waals surface area contributed by atoms with Crippen molar-refractivity contribution < 1.29 is 4.79 Å². The quantitative estimate of drug-likeness (QED) is 0.491. The Labute approximate surface area is 179 Å². The third kappa shape index (κ3) is 5.63. The Balaban J connectivity index is 1.83. The zero-order chi connectivity index (χ0) is 20.6. The standard InChI is InChI=1S/C22H21ClN4OS/c1-26(13-5-12-24)21(28)16-29-22-25-14-20(18-8-10-19(23)11-9-18)27(22)15-17-6-3-2-4-7-17/h2-4,6-11,14H,5,13,15-16H2,1H3. The maximum Gasteiger partial charge on any atom is 0.232 e. The van der Waals surface area contributed by atoms with E-state index >= 15 is 0 Å². The highest BCUT2D eigenvalue weighted by atomic mass is 35.5. The van der Waals surface area contributed by atoms with Crippen molar-refractivity contribution in [2.45, 2.75) is 18.1 Å². The number of thioether (sulfide) groups is 1. The van der Waals surface area contributed by atoms with Crippen LogP contribution in [0.25, 0.3) is 11.3 Å². The second-order valence-corrected chi connectivity index (χ2v) is 7.90. The summed E-state index contributed by atoms with van der Waals surface area (Å²) in [5.41, 5.74) is 3.14. The molecule has 0 unspecified atom stereocenters. The molecule has 2 aromatic carbocycles. The fourth-order valence-corrected chi connectivity index (χ4v) is 3.87. The highest BCUT2D eigenvalue weighted by molar-refractivity contribution is 7.99. The summed E-state index contributed by atoms with van der Waals surface area (Å²) >= 11 is 7.44. The number of hydrogen-bond donors (Lipinski definition) is 0. The monoisotopic (exact) mass is 424 g/mol. The van der Waals surface area contributed by atoms with Gasteiger partial charge in [-0.1, -0.05) is 65.8 Å². The zero-order valence-electron chi connectivity index (χ0n) is 16.1. The number of aromatic nitrogens is 2. The van der Waals surface area contributed by atoms with Crippen LogP contribution in [0.4, 0.5) is 0 Å². The van der Waals surface area contributed by atoms with Crippen LogP contribution in [0.2, 0.25) is 5.02 Å². The van der Waals surface area contributed by atoms with Crippen molar-refractivity contribution in [1.82, 2.24) is 14.5 Å². The minimum Gasteiger partial charge on any atom is -0.344 e. The summed E-state index contributed by atoms with van der Waals surface area (Å²) in [7, 11) is 1.72. The van der Waals surface area contributed by atoms with Crippen LogP contribution in [0.5, 0.6) is 0 Å². The van der Waals surface area contributed by atoms with Gasteiger partial charge in [0.25, 0.3) is 0 Å². The van der Waals surface area contributed by atoms with E-state index < -0.39 is 0 Å². The van der Waals surface area contributed by atoms with Crippen molar-refractivity contribution in [3.63, 3.8) is 0 Å². The van der Waals surface area contributed by atoms with E-state index in [1.807, 2.05) is 48.7 Å². The molecule has 5 nitrogen and oxygen atoms in total. The minimum absolute atomic E-state index is 0.0208. The van der Waals surface area contributed by atoms with E-state index in [9.17, 15) is 4.79 Å². The Bertz CT molecular complexity index is 996. The Morgan fingerprint density at radius 2 is 1.93 bits per heavy atom. The smallest absolute Gasteiger partial charge is 0.232 e. The van der Waals surface area contributed by atoms with Crippen LogP contribution < -0.4 is 0 Å². The summed E-state index contributed by atoms with van der Waals surface area (Å²) in [5.74, 6) is 0.251. The maximum atomic E-state index is 12.4. The molecule has 3 rings (SSSR count). The van der Waals surface area contributed by atoms with Gasteiger partial charge >= 0.3 is 0 Å². The van der Waals surface area contributed by atoms with Gasteiger partial charge in [-0.3, -0.25) is 4.79 Å². The molecule has 0 N–H and O–H groups in total. The first kappa shape index (κ1) is 21.0. The third-order valence-corrected chi connectivity index (χ3v) is 5.68. The second-order valence-electron chi connectivity index (χ2n) is 6.52. The number of benzene rings is 2. The topological polar surface area (TPSA) is 61.9 Å². The molecule has 1 amide bonds. The number of hydrogen-bond acceptors (Lipinski definition) is 4. The summed E-state index contributed by atoms with van der Waals surface area (Å²) in [6, 6.07) is 19.9. The van der Waals surface area contributed by atoms with Crippen LogP contribution in [0, 0.1) is 11.3 Å². The van der Waals surface area contributed by atoms with Crippen LogP contribution >= 0.6 is 23.4 Å². The molecule has 148 valence electrons. The van der Waals surface area contributed by atoms with Crippen molar-refractivity contribution in [2.75, 3.05) is 19.3 Å². The lowest BCUT2D eigenvalue weighted by molar-refractivity contribution is -0.127. The van der Waals surface area contributed by atoms with Crippen LogP contribution in [0.15, 0.2) is 66.0 Å². The normalized spacial score (nSPS) is 10.5. The Hall–Kier alpha value is -2.75. The summed E-state index contributed by atoms with van der Waals surface area (Å²) in [4.78, 5) is 18.5. The van der Waals surface area contributed by atoms with E-state index in [4.69, 9.17) is 16.9 Å². The molecule has 1 aromatic heterocycles. The average molecular weight is 425 g/mol. The van der Waals surface area contributed by atoms with E-state index in [1.54, 1.807) is 11.9 Å². The number of carbonyl (C=O) groups excluding carboxylic acids is 1. The summed E-state index contributed by atoms with van der Waals surface area (Å²) in [5, 5.41) is 10.2. The van der Waals surface area contributed by atoms with E-state index in [2.05, 4.69) is 27.8 Å². The van der Waals surface area contributed by atoms with Crippen molar-refractivity contribution in [1.29, 1.82) is 5.26 Å². The van der Waals surface area contributed by atoms with E-state index in [0.29, 0.717) is 24.5 Å². The van der Waals surface area contributed by atoms with Gasteiger partial charge in [0.05, 0.1) is 36.7 Å². The molecule has 0 atom stereocenters. The Kier molecular flexibility index (Phi) is 7.34. The number of amides is 1. The average Bonchev–Trinajstić information content (AvgIpc) is 3.13. The highest BCUT2D eigenvalue weighted by Gasteiger charge is 2.16. The SMILES string of the molecule is CN(CCC#N)C(=O)CSc1ncc(-c2ccc(Cl)cc2)n1Cc1ccccc1. The van der Waals surface area contributed by atoms with Crippen molar-refractivity contribution in [2.24, 2.45) is 0 Å². The van der Waals surface area contributed by atoms with Crippen LogP contribution in [0.1, 0.15) is 12.0 Å².